The molecule has 1 unspecified atom stereocenters. The van der Waals surface area contributed by atoms with Crippen LogP contribution in [0.25, 0.3) is 0 Å². The molecule has 1 saturated heterocycles. The lowest BCUT2D eigenvalue weighted by atomic mass is 10.2. The summed E-state index contributed by atoms with van der Waals surface area (Å²) in [5, 5.41) is 2.41. The van der Waals surface area contributed by atoms with E-state index in [2.05, 4.69) is 5.32 Å². The van der Waals surface area contributed by atoms with Gasteiger partial charge in [0, 0.05) is 26.2 Å². The topological polar surface area (TPSA) is 92.9 Å². The molecule has 29 heavy (non-hydrogen) atoms. The summed E-state index contributed by atoms with van der Waals surface area (Å²) < 4.78 is 28.9. The van der Waals surface area contributed by atoms with Crippen molar-refractivity contribution in [1.82, 2.24) is 14.2 Å². The lowest BCUT2D eigenvalue weighted by molar-refractivity contribution is -0.889. The number of quaternary nitrogens is 1. The summed E-state index contributed by atoms with van der Waals surface area (Å²) in [5.41, 5.74) is 1.42. The lowest BCUT2D eigenvalue weighted by Crippen LogP contribution is -3.13. The van der Waals surface area contributed by atoms with Crippen LogP contribution in [0.4, 0.5) is 0 Å². The molecule has 2 heterocycles. The highest BCUT2D eigenvalue weighted by atomic mass is 32.2. The third-order valence-electron chi connectivity index (χ3n) is 5.15. The van der Waals surface area contributed by atoms with Crippen molar-refractivity contribution >= 4 is 21.8 Å². The largest absolute Gasteiger partial charge is 0.347 e. The number of nitrogens with one attached hydrogen (secondary N) is 2. The van der Waals surface area contributed by atoms with Gasteiger partial charge in [0.15, 0.2) is 6.54 Å². The zero-order chi connectivity index (χ0) is 21.0. The molecule has 2 aromatic rings. The maximum absolute atomic E-state index is 12.9. The maximum Gasteiger partial charge on any atom is 0.282 e. The first-order valence-electron chi connectivity index (χ1n) is 9.63. The van der Waals surface area contributed by atoms with Gasteiger partial charge in [0.2, 0.25) is 10.0 Å². The van der Waals surface area contributed by atoms with E-state index >= 15 is 0 Å². The number of carbonyl (C=O) groups excluding carboxylic acids is 2. The molecule has 1 atom stereocenters. The number of hydrogen-bond acceptors (Lipinski definition) is 4. The normalized spacial score (nSPS) is 18.2. The molecule has 1 aromatic heterocycles. The third-order valence-corrected chi connectivity index (χ3v) is 7.06. The van der Waals surface area contributed by atoms with Crippen molar-refractivity contribution in [2.75, 3.05) is 32.7 Å². The zero-order valence-corrected chi connectivity index (χ0v) is 17.5. The minimum absolute atomic E-state index is 0.134. The summed E-state index contributed by atoms with van der Waals surface area (Å²) in [7, 11) is -1.81. The van der Waals surface area contributed by atoms with Crippen molar-refractivity contribution in [3.8, 4) is 0 Å². The first-order chi connectivity index (χ1) is 13.8. The maximum atomic E-state index is 12.9. The molecule has 0 aliphatic carbocycles. The highest BCUT2D eigenvalue weighted by Crippen LogP contribution is 2.16. The smallest absolute Gasteiger partial charge is 0.282 e. The fraction of sp³-hybridized carbons (Fsp3) is 0.400. The molecule has 9 heteroatoms. The summed E-state index contributed by atoms with van der Waals surface area (Å²) in [4.78, 5) is 25.7. The molecule has 2 N–H and O–H groups in total. The summed E-state index contributed by atoms with van der Waals surface area (Å²) in [6.07, 6.45) is 2.39. The van der Waals surface area contributed by atoms with Crippen LogP contribution in [0.15, 0.2) is 47.5 Å². The molecule has 8 nitrogen and oxygen atoms in total. The van der Waals surface area contributed by atoms with Crippen molar-refractivity contribution in [3.63, 3.8) is 0 Å². The number of aromatic nitrogens is 1. The molecule has 3 rings (SSSR count). The molecule has 1 aliphatic heterocycles. The minimum atomic E-state index is -3.54. The second-order valence-electron chi connectivity index (χ2n) is 7.38. The van der Waals surface area contributed by atoms with Crippen LogP contribution in [0.1, 0.15) is 22.5 Å². The first kappa shape index (κ1) is 21.2. The number of carbonyl (C=O) groups is 2. The average Bonchev–Trinajstić information content (AvgIpc) is 2.96. The predicted octanol–water partition coefficient (Wildman–Crippen LogP) is -0.431. The van der Waals surface area contributed by atoms with Crippen LogP contribution in [0, 0.1) is 6.92 Å². The molecule has 1 aliphatic rings. The molecule has 0 bridgehead atoms. The Balaban J connectivity index is 1.57. The highest BCUT2D eigenvalue weighted by Gasteiger charge is 2.29. The van der Waals surface area contributed by atoms with Gasteiger partial charge in [-0.2, -0.15) is 4.31 Å². The highest BCUT2D eigenvalue weighted by molar-refractivity contribution is 7.89. The van der Waals surface area contributed by atoms with Gasteiger partial charge < -0.3 is 9.47 Å². The number of benzene rings is 1. The van der Waals surface area contributed by atoms with Gasteiger partial charge in [0.25, 0.3) is 11.8 Å². The Morgan fingerprint density at radius 3 is 2.48 bits per heavy atom. The van der Waals surface area contributed by atoms with Crippen molar-refractivity contribution in [3.05, 3.63) is 53.9 Å². The van der Waals surface area contributed by atoms with Gasteiger partial charge in [-0.25, -0.2) is 8.42 Å². The molecule has 0 saturated carbocycles. The first-order valence-corrected chi connectivity index (χ1v) is 11.1. The van der Waals surface area contributed by atoms with Gasteiger partial charge in [-0.05, 0) is 31.2 Å². The van der Waals surface area contributed by atoms with E-state index in [1.165, 1.54) is 4.31 Å². The van der Waals surface area contributed by atoms with Crippen molar-refractivity contribution in [2.45, 2.75) is 18.2 Å². The monoisotopic (exact) mass is 419 g/mol. The van der Waals surface area contributed by atoms with Crippen molar-refractivity contribution in [1.29, 1.82) is 0 Å². The van der Waals surface area contributed by atoms with Gasteiger partial charge in [-0.1, -0.05) is 17.7 Å². The van der Waals surface area contributed by atoms with E-state index in [9.17, 15) is 18.0 Å². The molecular formula is C20H27N4O4S+. The number of hydrogen-bond donors (Lipinski definition) is 2. The quantitative estimate of drug-likeness (QED) is 0.688. The van der Waals surface area contributed by atoms with E-state index in [0.717, 1.165) is 10.5 Å². The van der Waals surface area contributed by atoms with Crippen LogP contribution < -0.4 is 10.2 Å². The Bertz CT molecular complexity index is 982. The summed E-state index contributed by atoms with van der Waals surface area (Å²) in [5.74, 6) is -0.790. The Morgan fingerprint density at radius 1 is 1.10 bits per heavy atom. The Morgan fingerprint density at radius 2 is 1.83 bits per heavy atom. The van der Waals surface area contributed by atoms with Crippen LogP contribution in [-0.2, 0) is 21.9 Å². The molecular weight excluding hydrogens is 392 g/mol. The predicted molar refractivity (Wildman–Crippen MR) is 108 cm³/mol. The molecule has 1 fully saturated rings. The van der Waals surface area contributed by atoms with Crippen LogP contribution in [-0.4, -0.2) is 61.8 Å². The average molecular weight is 420 g/mol. The van der Waals surface area contributed by atoms with Crippen LogP contribution in [0.5, 0.6) is 0 Å². The molecule has 0 spiro atoms. The van der Waals surface area contributed by atoms with Gasteiger partial charge in [-0.15, -0.1) is 0 Å². The van der Waals surface area contributed by atoms with Gasteiger partial charge >= 0.3 is 0 Å². The summed E-state index contributed by atoms with van der Waals surface area (Å²) in [6, 6.07) is 10.2. The summed E-state index contributed by atoms with van der Waals surface area (Å²) in [6.45, 7) is 3.99. The van der Waals surface area contributed by atoms with Gasteiger partial charge in [0.1, 0.15) is 5.69 Å². The van der Waals surface area contributed by atoms with E-state index in [4.69, 9.17) is 0 Å². The van der Waals surface area contributed by atoms with Gasteiger partial charge in [0.05, 0.1) is 24.5 Å². The number of nitrogens with zero attached hydrogens (tertiary/aromatic N) is 2. The molecule has 1 aromatic carbocycles. The number of aryl methyl sites for hydroxylation is 2. The number of sulfonamides is 1. The molecule has 0 radical (unpaired) electrons. The summed E-state index contributed by atoms with van der Waals surface area (Å²) >= 11 is 0. The number of rotatable bonds is 5. The van der Waals surface area contributed by atoms with Crippen LogP contribution in [0.3, 0.4) is 0 Å². The zero-order valence-electron chi connectivity index (χ0n) is 16.7. The van der Waals surface area contributed by atoms with Crippen LogP contribution >= 0.6 is 0 Å². The lowest BCUT2D eigenvalue weighted by Gasteiger charge is -2.20. The second kappa shape index (κ2) is 8.89. The molecule has 2 amide bonds. The Labute approximate surface area is 171 Å². The fourth-order valence-electron chi connectivity index (χ4n) is 3.46. The third kappa shape index (κ3) is 5.11. The minimum Gasteiger partial charge on any atom is -0.347 e. The SMILES string of the molecule is Cc1ccc(S(=O)(=O)N2CCC[NH+](CC(=O)NC(=O)c3cccn3C)CC2)cc1. The van der Waals surface area contributed by atoms with Crippen molar-refractivity contribution in [2.24, 2.45) is 7.05 Å². The van der Waals surface area contributed by atoms with Crippen molar-refractivity contribution < 1.29 is 22.9 Å². The van der Waals surface area contributed by atoms with Crippen LogP contribution in [0.2, 0.25) is 0 Å². The second-order valence-corrected chi connectivity index (χ2v) is 9.32. The standard InChI is InChI=1S/C20H26N4O4S/c1-16-6-8-17(9-7-16)29(27,28)24-12-4-11-23(13-14-24)15-19(25)21-20(26)18-5-3-10-22(18)2/h3,5-10H,4,11-15H2,1-2H3,(H,21,25,26)/p+1. The fourth-order valence-corrected chi connectivity index (χ4v) is 4.94. The Hall–Kier alpha value is -2.49. The van der Waals surface area contributed by atoms with E-state index in [1.54, 1.807) is 54.2 Å². The number of amides is 2. The number of imide groups is 1. The van der Waals surface area contributed by atoms with E-state index in [0.29, 0.717) is 38.3 Å². The molecule has 156 valence electrons. The van der Waals surface area contributed by atoms with E-state index in [1.807, 2.05) is 6.92 Å². The van der Waals surface area contributed by atoms with Gasteiger partial charge in [-0.3, -0.25) is 14.9 Å². The Kier molecular flexibility index (Phi) is 6.51. The van der Waals surface area contributed by atoms with E-state index in [-0.39, 0.29) is 17.3 Å². The van der Waals surface area contributed by atoms with E-state index < -0.39 is 15.9 Å².